The molecule has 6 heteroatoms. The van der Waals surface area contributed by atoms with Gasteiger partial charge < -0.3 is 10.4 Å². The summed E-state index contributed by atoms with van der Waals surface area (Å²) in [5, 5.41) is 14.1. The highest BCUT2D eigenvalue weighted by molar-refractivity contribution is 9.10. The molecule has 0 spiro atoms. The largest absolute Gasteiger partial charge is 0.391 e. The maximum absolute atomic E-state index is 11.6. The molecule has 0 aliphatic rings. The van der Waals surface area contributed by atoms with Crippen molar-refractivity contribution in [3.05, 3.63) is 20.8 Å². The summed E-state index contributed by atoms with van der Waals surface area (Å²) in [4.78, 5) is 12.3. The standard InChI is InChI=1S/C10H14BrNO2S2/c1-15-3-2-8(13)5-12-10(14)9-4-7(11)6-16-9/h4,6,8,13H,2-3,5H2,1H3,(H,12,14). The molecule has 0 aliphatic carbocycles. The van der Waals surface area contributed by atoms with E-state index < -0.39 is 6.10 Å². The molecule has 0 bridgehead atoms. The first kappa shape index (κ1) is 14.0. The van der Waals surface area contributed by atoms with E-state index in [2.05, 4.69) is 21.2 Å². The smallest absolute Gasteiger partial charge is 0.261 e. The van der Waals surface area contributed by atoms with Crippen molar-refractivity contribution >= 4 is 44.9 Å². The van der Waals surface area contributed by atoms with Crippen molar-refractivity contribution in [2.45, 2.75) is 12.5 Å². The second-order valence-corrected chi connectivity index (χ2v) is 6.09. The Labute approximate surface area is 112 Å². The number of aliphatic hydroxyl groups is 1. The lowest BCUT2D eigenvalue weighted by molar-refractivity contribution is 0.0918. The molecule has 0 fully saturated rings. The predicted octanol–water partition coefficient (Wildman–Crippen LogP) is 2.35. The Morgan fingerprint density at radius 1 is 1.75 bits per heavy atom. The van der Waals surface area contributed by atoms with Gasteiger partial charge in [0, 0.05) is 16.4 Å². The molecule has 0 aliphatic heterocycles. The van der Waals surface area contributed by atoms with Gasteiger partial charge in [-0.25, -0.2) is 0 Å². The van der Waals surface area contributed by atoms with E-state index in [0.717, 1.165) is 10.2 Å². The fraction of sp³-hybridized carbons (Fsp3) is 0.500. The van der Waals surface area contributed by atoms with Crippen LogP contribution >= 0.6 is 39.0 Å². The summed E-state index contributed by atoms with van der Waals surface area (Å²) in [6.07, 6.45) is 2.24. The lowest BCUT2D eigenvalue weighted by Gasteiger charge is -2.10. The van der Waals surface area contributed by atoms with E-state index in [4.69, 9.17) is 0 Å². The van der Waals surface area contributed by atoms with E-state index >= 15 is 0 Å². The van der Waals surface area contributed by atoms with Crippen molar-refractivity contribution in [3.63, 3.8) is 0 Å². The van der Waals surface area contributed by atoms with Gasteiger partial charge in [-0.15, -0.1) is 11.3 Å². The van der Waals surface area contributed by atoms with Crippen LogP contribution in [0.5, 0.6) is 0 Å². The maximum Gasteiger partial charge on any atom is 0.261 e. The number of thiophene rings is 1. The van der Waals surface area contributed by atoms with Crippen LogP contribution in [0.1, 0.15) is 16.1 Å². The van der Waals surface area contributed by atoms with Crippen LogP contribution < -0.4 is 5.32 Å². The highest BCUT2D eigenvalue weighted by Gasteiger charge is 2.10. The molecular weight excluding hydrogens is 310 g/mol. The number of hydrogen-bond acceptors (Lipinski definition) is 4. The first-order chi connectivity index (χ1) is 7.63. The zero-order valence-corrected chi connectivity index (χ0v) is 12.1. The fourth-order valence-corrected chi connectivity index (χ4v) is 2.94. The Balaban J connectivity index is 2.30. The number of amides is 1. The van der Waals surface area contributed by atoms with Gasteiger partial charge in [-0.1, -0.05) is 0 Å². The molecule has 1 heterocycles. The highest BCUT2D eigenvalue weighted by Crippen LogP contribution is 2.19. The van der Waals surface area contributed by atoms with Gasteiger partial charge in [0.05, 0.1) is 11.0 Å². The number of halogens is 1. The summed E-state index contributed by atoms with van der Waals surface area (Å²) < 4.78 is 0.908. The summed E-state index contributed by atoms with van der Waals surface area (Å²) >= 11 is 6.36. The van der Waals surface area contributed by atoms with Crippen molar-refractivity contribution in [2.24, 2.45) is 0 Å². The van der Waals surface area contributed by atoms with E-state index in [1.807, 2.05) is 11.6 Å². The van der Waals surface area contributed by atoms with Crippen LogP contribution in [0, 0.1) is 0 Å². The quantitative estimate of drug-likeness (QED) is 0.844. The van der Waals surface area contributed by atoms with Gasteiger partial charge in [0.1, 0.15) is 0 Å². The minimum atomic E-state index is -0.459. The fourth-order valence-electron chi connectivity index (χ4n) is 1.09. The lowest BCUT2D eigenvalue weighted by atomic mass is 10.3. The Morgan fingerprint density at radius 3 is 3.06 bits per heavy atom. The molecule has 90 valence electrons. The molecule has 0 saturated heterocycles. The van der Waals surface area contributed by atoms with Gasteiger partial charge in [0.15, 0.2) is 0 Å². The third kappa shape index (κ3) is 4.86. The van der Waals surface area contributed by atoms with E-state index in [1.54, 1.807) is 17.8 Å². The van der Waals surface area contributed by atoms with Crippen molar-refractivity contribution in [1.29, 1.82) is 0 Å². The molecule has 1 atom stereocenters. The summed E-state index contributed by atoms with van der Waals surface area (Å²) in [5.74, 6) is 0.778. The first-order valence-electron chi connectivity index (χ1n) is 4.82. The van der Waals surface area contributed by atoms with Crippen LogP contribution in [-0.4, -0.2) is 35.7 Å². The second kappa shape index (κ2) is 7.32. The van der Waals surface area contributed by atoms with Gasteiger partial charge >= 0.3 is 0 Å². The minimum Gasteiger partial charge on any atom is -0.391 e. The number of carbonyl (C=O) groups excluding carboxylic acids is 1. The minimum absolute atomic E-state index is 0.126. The Bertz CT molecular complexity index is 343. The van der Waals surface area contributed by atoms with Gasteiger partial charge in [-0.2, -0.15) is 11.8 Å². The number of rotatable bonds is 6. The lowest BCUT2D eigenvalue weighted by Crippen LogP contribution is -2.31. The second-order valence-electron chi connectivity index (χ2n) is 3.27. The number of nitrogens with one attached hydrogen (secondary N) is 1. The van der Waals surface area contributed by atoms with Gasteiger partial charge in [-0.3, -0.25) is 4.79 Å². The molecule has 1 aromatic heterocycles. The molecule has 1 aromatic rings. The normalized spacial score (nSPS) is 12.4. The van der Waals surface area contributed by atoms with Crippen LogP contribution in [-0.2, 0) is 0 Å². The van der Waals surface area contributed by atoms with Crippen molar-refractivity contribution in [2.75, 3.05) is 18.6 Å². The zero-order chi connectivity index (χ0) is 12.0. The van der Waals surface area contributed by atoms with Crippen LogP contribution in [0.15, 0.2) is 15.9 Å². The molecule has 16 heavy (non-hydrogen) atoms. The van der Waals surface area contributed by atoms with Crippen LogP contribution in [0.2, 0.25) is 0 Å². The van der Waals surface area contributed by atoms with E-state index in [0.29, 0.717) is 17.8 Å². The Hall–Kier alpha value is -0.0400. The maximum atomic E-state index is 11.6. The molecule has 2 N–H and O–H groups in total. The first-order valence-corrected chi connectivity index (χ1v) is 7.89. The molecular formula is C10H14BrNO2S2. The van der Waals surface area contributed by atoms with Crippen molar-refractivity contribution < 1.29 is 9.90 Å². The molecule has 1 amide bonds. The summed E-state index contributed by atoms with van der Waals surface area (Å²) in [6.45, 7) is 0.314. The van der Waals surface area contributed by atoms with Gasteiger partial charge in [-0.05, 0) is 40.4 Å². The molecule has 1 unspecified atom stereocenters. The molecule has 3 nitrogen and oxygen atoms in total. The number of thioether (sulfide) groups is 1. The average molecular weight is 324 g/mol. The van der Waals surface area contributed by atoms with Gasteiger partial charge in [0.25, 0.3) is 5.91 Å². The van der Waals surface area contributed by atoms with E-state index in [1.165, 1.54) is 11.3 Å². The van der Waals surface area contributed by atoms with Crippen LogP contribution in [0.25, 0.3) is 0 Å². The summed E-state index contributed by atoms with van der Waals surface area (Å²) in [6, 6.07) is 1.77. The number of carbonyl (C=O) groups is 1. The van der Waals surface area contributed by atoms with Crippen LogP contribution in [0.4, 0.5) is 0 Å². The Morgan fingerprint density at radius 2 is 2.50 bits per heavy atom. The average Bonchev–Trinajstić information content (AvgIpc) is 2.69. The molecule has 0 aromatic carbocycles. The van der Waals surface area contributed by atoms with Crippen LogP contribution in [0.3, 0.4) is 0 Å². The van der Waals surface area contributed by atoms with Crippen molar-refractivity contribution in [1.82, 2.24) is 5.32 Å². The SMILES string of the molecule is CSCCC(O)CNC(=O)c1cc(Br)cs1. The Kier molecular flexibility index (Phi) is 6.41. The number of hydrogen-bond donors (Lipinski definition) is 2. The molecule has 1 rings (SSSR count). The van der Waals surface area contributed by atoms with E-state index in [-0.39, 0.29) is 5.91 Å². The third-order valence-electron chi connectivity index (χ3n) is 1.94. The molecule has 0 saturated carbocycles. The van der Waals surface area contributed by atoms with Gasteiger partial charge in [0.2, 0.25) is 0 Å². The third-order valence-corrected chi connectivity index (χ3v) is 4.28. The topological polar surface area (TPSA) is 49.3 Å². The summed E-state index contributed by atoms with van der Waals surface area (Å²) in [7, 11) is 0. The number of aliphatic hydroxyl groups excluding tert-OH is 1. The van der Waals surface area contributed by atoms with Crippen molar-refractivity contribution in [3.8, 4) is 0 Å². The summed E-state index contributed by atoms with van der Waals surface area (Å²) in [5.41, 5.74) is 0. The highest BCUT2D eigenvalue weighted by atomic mass is 79.9. The van der Waals surface area contributed by atoms with E-state index in [9.17, 15) is 9.90 Å². The predicted molar refractivity (Wildman–Crippen MR) is 73.4 cm³/mol. The monoisotopic (exact) mass is 323 g/mol. The zero-order valence-electron chi connectivity index (χ0n) is 8.90. The molecule has 0 radical (unpaired) electrons.